The molecular weight excluding hydrogens is 280 g/mol. The average molecular weight is 290 g/mol. The molecule has 7 heteroatoms. The number of ether oxygens (including phenoxy) is 2. The van der Waals surface area contributed by atoms with Crippen molar-refractivity contribution in [1.82, 2.24) is 0 Å². The third kappa shape index (κ3) is 3.80. The van der Waals surface area contributed by atoms with Gasteiger partial charge in [0, 0.05) is 5.88 Å². The summed E-state index contributed by atoms with van der Waals surface area (Å²) in [6, 6.07) is 3.96. The standard InChI is InChI=1S/C12H10ClF2NO3/c1-2-18-11(17)9-3-8(6-16)10(19-12(14)15)4-7(9)5-13/h3-4,12H,2,5H2,1H3. The van der Waals surface area contributed by atoms with E-state index in [0.29, 0.717) is 0 Å². The van der Waals surface area contributed by atoms with Gasteiger partial charge in [-0.3, -0.25) is 0 Å². The summed E-state index contributed by atoms with van der Waals surface area (Å²) in [7, 11) is 0. The number of rotatable bonds is 5. The highest BCUT2D eigenvalue weighted by Crippen LogP contribution is 2.26. The van der Waals surface area contributed by atoms with Crippen LogP contribution < -0.4 is 4.74 Å². The first-order chi connectivity index (χ1) is 9.03. The second-order valence-electron chi connectivity index (χ2n) is 3.35. The van der Waals surface area contributed by atoms with Crippen molar-refractivity contribution in [2.75, 3.05) is 6.61 Å². The maximum absolute atomic E-state index is 12.2. The fourth-order valence-electron chi connectivity index (χ4n) is 1.41. The zero-order chi connectivity index (χ0) is 14.4. The molecule has 0 heterocycles. The van der Waals surface area contributed by atoms with Gasteiger partial charge < -0.3 is 9.47 Å². The molecule has 0 saturated heterocycles. The van der Waals surface area contributed by atoms with E-state index >= 15 is 0 Å². The first kappa shape index (κ1) is 15.2. The maximum Gasteiger partial charge on any atom is 0.387 e. The van der Waals surface area contributed by atoms with E-state index in [0.717, 1.165) is 12.1 Å². The van der Waals surface area contributed by atoms with E-state index in [-0.39, 0.29) is 34.9 Å². The number of hydrogen-bond donors (Lipinski definition) is 0. The van der Waals surface area contributed by atoms with E-state index in [1.165, 1.54) is 0 Å². The Morgan fingerprint density at radius 2 is 2.21 bits per heavy atom. The van der Waals surface area contributed by atoms with Gasteiger partial charge in [0.25, 0.3) is 0 Å². The van der Waals surface area contributed by atoms with Gasteiger partial charge in [-0.25, -0.2) is 4.79 Å². The number of carbonyl (C=O) groups is 1. The van der Waals surface area contributed by atoms with Crippen LogP contribution in [0.3, 0.4) is 0 Å². The van der Waals surface area contributed by atoms with Crippen LogP contribution in [0.5, 0.6) is 5.75 Å². The number of nitrogens with zero attached hydrogens (tertiary/aromatic N) is 1. The summed E-state index contributed by atoms with van der Waals surface area (Å²) < 4.78 is 33.4. The molecule has 0 aliphatic carbocycles. The van der Waals surface area contributed by atoms with Crippen LogP contribution in [0.2, 0.25) is 0 Å². The minimum absolute atomic E-state index is 0.0648. The van der Waals surface area contributed by atoms with Crippen molar-refractivity contribution in [3.05, 3.63) is 28.8 Å². The third-order valence-electron chi connectivity index (χ3n) is 2.18. The van der Waals surface area contributed by atoms with Crippen molar-refractivity contribution in [1.29, 1.82) is 5.26 Å². The molecule has 0 aliphatic rings. The Bertz CT molecular complexity index is 514. The topological polar surface area (TPSA) is 59.3 Å². The summed E-state index contributed by atoms with van der Waals surface area (Å²) >= 11 is 5.65. The Morgan fingerprint density at radius 3 is 2.68 bits per heavy atom. The van der Waals surface area contributed by atoms with Gasteiger partial charge in [0.2, 0.25) is 0 Å². The van der Waals surface area contributed by atoms with Gasteiger partial charge in [-0.15, -0.1) is 11.6 Å². The molecule has 1 aromatic rings. The number of carbonyl (C=O) groups excluding carboxylic acids is 1. The van der Waals surface area contributed by atoms with Gasteiger partial charge in [0.1, 0.15) is 11.8 Å². The first-order valence-corrected chi connectivity index (χ1v) is 5.81. The Labute approximate surface area is 113 Å². The lowest BCUT2D eigenvalue weighted by Crippen LogP contribution is -2.10. The number of alkyl halides is 3. The summed E-state index contributed by atoms with van der Waals surface area (Å²) in [6.07, 6.45) is 0. The van der Waals surface area contributed by atoms with Crippen LogP contribution in [0.15, 0.2) is 12.1 Å². The number of benzene rings is 1. The Hall–Kier alpha value is -1.87. The molecule has 19 heavy (non-hydrogen) atoms. The van der Waals surface area contributed by atoms with Gasteiger partial charge >= 0.3 is 12.6 Å². The van der Waals surface area contributed by atoms with Gasteiger partial charge in [0.15, 0.2) is 0 Å². The van der Waals surface area contributed by atoms with Crippen LogP contribution in [0.4, 0.5) is 8.78 Å². The Balaban J connectivity index is 3.27. The predicted molar refractivity (Wildman–Crippen MR) is 63.3 cm³/mol. The van der Waals surface area contributed by atoms with E-state index in [2.05, 4.69) is 4.74 Å². The zero-order valence-corrected chi connectivity index (χ0v) is 10.7. The van der Waals surface area contributed by atoms with Gasteiger partial charge in [-0.1, -0.05) is 0 Å². The molecule has 102 valence electrons. The number of nitriles is 1. The molecule has 0 aliphatic heterocycles. The predicted octanol–water partition coefficient (Wildman–Crippen LogP) is 3.08. The molecule has 0 unspecified atom stereocenters. The van der Waals surface area contributed by atoms with E-state index in [4.69, 9.17) is 21.6 Å². The van der Waals surface area contributed by atoms with E-state index in [9.17, 15) is 13.6 Å². The largest absolute Gasteiger partial charge is 0.462 e. The molecule has 0 aromatic heterocycles. The number of halogens is 3. The molecule has 0 spiro atoms. The molecule has 0 radical (unpaired) electrons. The lowest BCUT2D eigenvalue weighted by molar-refractivity contribution is -0.0500. The third-order valence-corrected chi connectivity index (χ3v) is 2.47. The van der Waals surface area contributed by atoms with Crippen molar-refractivity contribution in [3.8, 4) is 11.8 Å². The second-order valence-corrected chi connectivity index (χ2v) is 3.62. The minimum atomic E-state index is -3.07. The smallest absolute Gasteiger partial charge is 0.387 e. The minimum Gasteiger partial charge on any atom is -0.462 e. The summed E-state index contributed by atoms with van der Waals surface area (Å²) in [4.78, 5) is 11.6. The molecule has 0 saturated carbocycles. The van der Waals surface area contributed by atoms with Crippen molar-refractivity contribution in [3.63, 3.8) is 0 Å². The van der Waals surface area contributed by atoms with Crippen LogP contribution in [0.1, 0.15) is 28.4 Å². The monoisotopic (exact) mass is 289 g/mol. The van der Waals surface area contributed by atoms with Gasteiger partial charge in [0.05, 0.1) is 17.7 Å². The molecule has 0 amide bonds. The number of esters is 1. The quantitative estimate of drug-likeness (QED) is 0.617. The van der Waals surface area contributed by atoms with Gasteiger partial charge in [-0.05, 0) is 24.6 Å². The van der Waals surface area contributed by atoms with Crippen molar-refractivity contribution in [2.24, 2.45) is 0 Å². The lowest BCUT2D eigenvalue weighted by atomic mass is 10.0. The zero-order valence-electron chi connectivity index (χ0n) is 9.95. The molecule has 4 nitrogen and oxygen atoms in total. The van der Waals surface area contributed by atoms with E-state index in [1.807, 2.05) is 0 Å². The molecule has 0 bridgehead atoms. The van der Waals surface area contributed by atoms with E-state index in [1.54, 1.807) is 13.0 Å². The van der Waals surface area contributed by atoms with Crippen LogP contribution in [-0.4, -0.2) is 19.2 Å². The van der Waals surface area contributed by atoms with Crippen molar-refractivity contribution < 1.29 is 23.0 Å². The Morgan fingerprint density at radius 1 is 1.53 bits per heavy atom. The SMILES string of the molecule is CCOC(=O)c1cc(C#N)c(OC(F)F)cc1CCl. The lowest BCUT2D eigenvalue weighted by Gasteiger charge is -2.11. The fraction of sp³-hybridized carbons (Fsp3) is 0.333. The fourth-order valence-corrected chi connectivity index (χ4v) is 1.63. The highest BCUT2D eigenvalue weighted by molar-refractivity contribution is 6.17. The molecule has 0 N–H and O–H groups in total. The first-order valence-electron chi connectivity index (χ1n) is 5.28. The molecule has 1 rings (SSSR count). The summed E-state index contributed by atoms with van der Waals surface area (Å²) in [5.74, 6) is -1.08. The maximum atomic E-state index is 12.2. The highest BCUT2D eigenvalue weighted by Gasteiger charge is 2.18. The Kier molecular flexibility index (Phi) is 5.52. The second kappa shape index (κ2) is 6.90. The van der Waals surface area contributed by atoms with Crippen molar-refractivity contribution in [2.45, 2.75) is 19.4 Å². The molecule has 0 fully saturated rings. The van der Waals surface area contributed by atoms with Crippen LogP contribution >= 0.6 is 11.6 Å². The summed E-state index contributed by atoms with van der Waals surface area (Å²) in [6.45, 7) is -1.29. The molecule has 0 atom stereocenters. The van der Waals surface area contributed by atoms with Crippen LogP contribution in [0.25, 0.3) is 0 Å². The molecular formula is C12H10ClF2NO3. The summed E-state index contributed by atoms with van der Waals surface area (Å²) in [5.41, 5.74) is 0.141. The normalized spacial score (nSPS) is 10.1. The van der Waals surface area contributed by atoms with Gasteiger partial charge in [-0.2, -0.15) is 14.0 Å². The summed E-state index contributed by atoms with van der Waals surface area (Å²) in [5, 5.41) is 8.87. The van der Waals surface area contributed by atoms with Crippen LogP contribution in [0, 0.1) is 11.3 Å². The van der Waals surface area contributed by atoms with Crippen molar-refractivity contribution >= 4 is 17.6 Å². The van der Waals surface area contributed by atoms with E-state index < -0.39 is 12.6 Å². The number of hydrogen-bond acceptors (Lipinski definition) is 4. The molecule has 1 aromatic carbocycles. The average Bonchev–Trinajstić information content (AvgIpc) is 2.37. The highest BCUT2D eigenvalue weighted by atomic mass is 35.5. The van der Waals surface area contributed by atoms with Crippen LogP contribution in [-0.2, 0) is 10.6 Å².